The first-order valence-corrected chi connectivity index (χ1v) is 29.9. The summed E-state index contributed by atoms with van der Waals surface area (Å²) in [4.78, 5) is 0. The number of thiocarbonyl (C=S) groups is 2. The zero-order valence-electron chi connectivity index (χ0n) is 25.5. The fraction of sp³-hybridized carbons (Fsp3) is 0.938. The van der Waals surface area contributed by atoms with Crippen LogP contribution in [0.2, 0.25) is 8.87 Å². The van der Waals surface area contributed by atoms with Crippen molar-refractivity contribution in [3.63, 3.8) is 0 Å². The first kappa shape index (κ1) is 38.7. The molecule has 0 spiro atoms. The molecule has 0 fully saturated rings. The molecule has 0 aromatic rings. The van der Waals surface area contributed by atoms with Crippen LogP contribution >= 0.6 is 42.3 Å². The summed E-state index contributed by atoms with van der Waals surface area (Å²) in [5.74, 6) is 0. The molecule has 0 nitrogen and oxygen atoms in total. The fourth-order valence-electron chi connectivity index (χ4n) is 4.92. The van der Waals surface area contributed by atoms with Gasteiger partial charge in [0.1, 0.15) is 0 Å². The Morgan fingerprint density at radius 1 is 0.405 bits per heavy atom. The summed E-state index contributed by atoms with van der Waals surface area (Å²) >= 11 is 9.56. The maximum atomic E-state index is 6.04. The van der Waals surface area contributed by atoms with Crippen LogP contribution in [0.1, 0.15) is 182 Å². The smallest absolute Gasteiger partial charge is 0.0654 e. The molecule has 220 valence electrons. The second-order valence-electron chi connectivity index (χ2n) is 11.2. The van der Waals surface area contributed by atoms with Crippen molar-refractivity contribution >= 4 is 66.3 Å². The normalized spacial score (nSPS) is 11.8. The van der Waals surface area contributed by atoms with E-state index in [1.807, 2.05) is 0 Å². The monoisotopic (exact) mass is 696 g/mol. The van der Waals surface area contributed by atoms with Gasteiger partial charge < -0.3 is 0 Å². The summed E-state index contributed by atoms with van der Waals surface area (Å²) in [6, 6.07) is 0. The first-order chi connectivity index (χ1) is 18.0. The summed E-state index contributed by atoms with van der Waals surface area (Å²) < 4.78 is 5.58. The maximum absolute atomic E-state index is 6.04. The molecule has 0 aliphatic heterocycles. The van der Waals surface area contributed by atoms with E-state index in [2.05, 4.69) is 45.6 Å². The van der Waals surface area contributed by atoms with Gasteiger partial charge in [-0.15, -0.1) is 0 Å². The van der Waals surface area contributed by atoms with Gasteiger partial charge in [0, 0.05) is 0 Å². The topological polar surface area (TPSA) is 0 Å². The molecule has 0 radical (unpaired) electrons. The Hall–Kier alpha value is 1.68. The average Bonchev–Trinajstić information content (AvgIpc) is 2.88. The van der Waals surface area contributed by atoms with E-state index < -0.39 is 15.6 Å². The summed E-state index contributed by atoms with van der Waals surface area (Å²) in [6.07, 6.45) is 32.8. The van der Waals surface area contributed by atoms with Gasteiger partial charge in [0.2, 0.25) is 0 Å². The van der Waals surface area contributed by atoms with Gasteiger partial charge in [0.05, 0.1) is 0 Å². The van der Waals surface area contributed by atoms with Gasteiger partial charge >= 0.3 is 243 Å². The molecule has 0 saturated heterocycles. The standard InChI is InChI=1S/2C12H24S2.2C4H9.Sn/c2*1-2-3-4-5-6-7-8-9-10-11-12(13)14;2*1-3-4-2;/h2*2-11H2,1H3,(H,13,14);2*1,3-4H2,2H3;/q;;;;+2/p-2. The van der Waals surface area contributed by atoms with Crippen molar-refractivity contribution in [1.29, 1.82) is 0 Å². The summed E-state index contributed by atoms with van der Waals surface area (Å²) in [6.45, 7) is 9.31. The predicted octanol–water partition coefficient (Wildman–Crippen LogP) is 14.0. The predicted molar refractivity (Wildman–Crippen MR) is 189 cm³/mol. The molecular formula is C32H64S4Sn. The first-order valence-electron chi connectivity index (χ1n) is 16.5. The van der Waals surface area contributed by atoms with E-state index in [-0.39, 0.29) is 0 Å². The Kier molecular flexibility index (Phi) is 30.5. The molecule has 0 amide bonds. The van der Waals surface area contributed by atoms with E-state index in [1.165, 1.54) is 171 Å². The number of hydrogen-bond acceptors (Lipinski definition) is 4. The third-order valence-electron chi connectivity index (χ3n) is 7.39. The minimum absolute atomic E-state index is 1.17. The fourth-order valence-corrected chi connectivity index (χ4v) is 42.8. The van der Waals surface area contributed by atoms with Crippen molar-refractivity contribution in [2.24, 2.45) is 0 Å². The summed E-state index contributed by atoms with van der Waals surface area (Å²) in [5, 5.41) is 0. The van der Waals surface area contributed by atoms with Gasteiger partial charge in [-0.05, 0) is 0 Å². The Morgan fingerprint density at radius 2 is 0.676 bits per heavy atom. The molecule has 5 heteroatoms. The third kappa shape index (κ3) is 25.1. The molecule has 0 aromatic heterocycles. The van der Waals surface area contributed by atoms with Crippen molar-refractivity contribution < 1.29 is 0 Å². The molecule has 0 bridgehead atoms. The van der Waals surface area contributed by atoms with E-state index in [0.717, 1.165) is 0 Å². The van der Waals surface area contributed by atoms with Gasteiger partial charge in [-0.2, -0.15) is 0 Å². The van der Waals surface area contributed by atoms with Crippen LogP contribution in [-0.2, 0) is 0 Å². The summed E-state index contributed by atoms with van der Waals surface area (Å²) in [7, 11) is 4.50. The van der Waals surface area contributed by atoms with Crippen molar-refractivity contribution in [3.8, 4) is 0 Å². The molecule has 0 saturated carbocycles. The third-order valence-corrected chi connectivity index (χ3v) is 38.2. The Bertz CT molecular complexity index is 477. The van der Waals surface area contributed by atoms with E-state index in [9.17, 15) is 0 Å². The number of unbranched alkanes of at least 4 members (excludes halogenated alkanes) is 18. The van der Waals surface area contributed by atoms with Crippen LogP contribution in [0.15, 0.2) is 0 Å². The molecule has 0 heterocycles. The molecule has 0 aromatic carbocycles. The van der Waals surface area contributed by atoms with Crippen molar-refractivity contribution in [2.75, 3.05) is 0 Å². The van der Waals surface area contributed by atoms with Crippen molar-refractivity contribution in [1.82, 2.24) is 0 Å². The van der Waals surface area contributed by atoms with Gasteiger partial charge in [-0.1, -0.05) is 13.8 Å². The van der Waals surface area contributed by atoms with E-state index in [4.69, 9.17) is 24.4 Å². The van der Waals surface area contributed by atoms with Gasteiger partial charge in [-0.3, -0.25) is 0 Å². The van der Waals surface area contributed by atoms with Gasteiger partial charge in [0.15, 0.2) is 0 Å². The second-order valence-corrected chi connectivity index (χ2v) is 37.9. The van der Waals surface area contributed by atoms with E-state index >= 15 is 0 Å². The Morgan fingerprint density at radius 3 is 0.973 bits per heavy atom. The van der Waals surface area contributed by atoms with Crippen LogP contribution in [-0.4, -0.2) is 24.0 Å². The average molecular weight is 696 g/mol. The van der Waals surface area contributed by atoms with Crippen LogP contribution in [0.4, 0.5) is 0 Å². The minimum Gasteiger partial charge on any atom is -0.0654 e. The van der Waals surface area contributed by atoms with E-state index in [0.29, 0.717) is 0 Å². The van der Waals surface area contributed by atoms with E-state index in [1.54, 1.807) is 0 Å². The molecule has 37 heavy (non-hydrogen) atoms. The van der Waals surface area contributed by atoms with Crippen LogP contribution in [0.25, 0.3) is 0 Å². The summed E-state index contributed by atoms with van der Waals surface area (Å²) in [5.41, 5.74) is 0. The molecule has 0 aliphatic rings. The van der Waals surface area contributed by atoms with Crippen LogP contribution < -0.4 is 0 Å². The van der Waals surface area contributed by atoms with Crippen LogP contribution in [0, 0.1) is 0 Å². The Labute approximate surface area is 255 Å². The van der Waals surface area contributed by atoms with Gasteiger partial charge in [0.25, 0.3) is 0 Å². The second kappa shape index (κ2) is 29.2. The molecule has 0 aliphatic carbocycles. The molecule has 0 unspecified atom stereocenters. The zero-order chi connectivity index (χ0) is 27.5. The van der Waals surface area contributed by atoms with Gasteiger partial charge in [-0.25, -0.2) is 0 Å². The molecule has 0 rings (SSSR count). The molecule has 0 atom stereocenters. The minimum atomic E-state index is -2.51. The number of hydrogen-bond donors (Lipinski definition) is 0. The van der Waals surface area contributed by atoms with Crippen molar-refractivity contribution in [2.45, 2.75) is 191 Å². The zero-order valence-corrected chi connectivity index (χ0v) is 31.6. The molecule has 0 N–H and O–H groups in total. The number of rotatable bonds is 28. The quantitative estimate of drug-likeness (QED) is 0.0454. The van der Waals surface area contributed by atoms with Crippen LogP contribution in [0.5, 0.6) is 0 Å². The van der Waals surface area contributed by atoms with Crippen LogP contribution in [0.3, 0.4) is 0 Å². The molecular weight excluding hydrogens is 631 g/mol. The Balaban J connectivity index is 4.49. The van der Waals surface area contributed by atoms with Crippen molar-refractivity contribution in [3.05, 3.63) is 0 Å². The SMILES string of the molecule is CCCCCCCCCCCC(=S)[S][Sn]([CH2]CCC)([CH2]CCC)[S]C(=S)CCCCCCCCCCC.